The van der Waals surface area contributed by atoms with E-state index < -0.39 is 5.97 Å². The molecule has 6 heteroatoms. The summed E-state index contributed by atoms with van der Waals surface area (Å²) >= 11 is 0. The van der Waals surface area contributed by atoms with E-state index in [0.717, 1.165) is 17.0 Å². The van der Waals surface area contributed by atoms with Gasteiger partial charge in [-0.3, -0.25) is 4.79 Å². The summed E-state index contributed by atoms with van der Waals surface area (Å²) in [7, 11) is 0. The average Bonchev–Trinajstić information content (AvgIpc) is 2.38. The van der Waals surface area contributed by atoms with E-state index >= 15 is 0 Å². The van der Waals surface area contributed by atoms with Gasteiger partial charge in [0.25, 0.3) is 0 Å². The predicted molar refractivity (Wildman–Crippen MR) is 68.5 cm³/mol. The van der Waals surface area contributed by atoms with Gasteiger partial charge in [0, 0.05) is 30.2 Å². The lowest BCUT2D eigenvalue weighted by Gasteiger charge is -2.09. The van der Waals surface area contributed by atoms with E-state index in [1.54, 1.807) is 18.5 Å². The number of aromatic nitrogens is 4. The molecular weight excluding hydrogens is 244 g/mol. The number of aliphatic carboxylic acids is 1. The lowest BCUT2D eigenvalue weighted by Crippen LogP contribution is -2.06. The summed E-state index contributed by atoms with van der Waals surface area (Å²) in [5.74, 6) is 0.113. The highest BCUT2D eigenvalue weighted by Gasteiger charge is 2.12. The normalized spacial score (nSPS) is 10.4. The number of carboxylic acids is 1. The summed E-state index contributed by atoms with van der Waals surface area (Å²) in [6, 6.07) is 1.73. The molecular formula is C13H14N4O2. The average molecular weight is 258 g/mol. The Kier molecular flexibility index (Phi) is 3.79. The molecule has 98 valence electrons. The van der Waals surface area contributed by atoms with Crippen LogP contribution >= 0.6 is 0 Å². The first kappa shape index (κ1) is 13.1. The maximum atomic E-state index is 10.6. The lowest BCUT2D eigenvalue weighted by molar-refractivity contribution is -0.136. The van der Waals surface area contributed by atoms with Gasteiger partial charge in [-0.15, -0.1) is 0 Å². The van der Waals surface area contributed by atoms with Crippen LogP contribution in [0.15, 0.2) is 18.5 Å². The number of carboxylic acid groups (broad SMARTS) is 1. The second-order valence-electron chi connectivity index (χ2n) is 4.16. The third kappa shape index (κ3) is 3.09. The van der Waals surface area contributed by atoms with E-state index in [2.05, 4.69) is 19.9 Å². The Balaban J connectivity index is 2.34. The number of aryl methyl sites for hydroxylation is 2. The van der Waals surface area contributed by atoms with Gasteiger partial charge in [0.05, 0.1) is 0 Å². The zero-order valence-corrected chi connectivity index (χ0v) is 10.8. The maximum Gasteiger partial charge on any atom is 0.303 e. The first-order valence-corrected chi connectivity index (χ1v) is 5.91. The van der Waals surface area contributed by atoms with Crippen LogP contribution in [0.5, 0.6) is 0 Å². The van der Waals surface area contributed by atoms with Crippen molar-refractivity contribution in [3.05, 3.63) is 35.4 Å². The third-order valence-corrected chi connectivity index (χ3v) is 2.78. The Hall–Kier alpha value is -2.37. The number of rotatable bonds is 4. The molecule has 2 aromatic heterocycles. The topological polar surface area (TPSA) is 88.9 Å². The summed E-state index contributed by atoms with van der Waals surface area (Å²) < 4.78 is 0. The summed E-state index contributed by atoms with van der Waals surface area (Å²) in [5, 5.41) is 8.73. The fourth-order valence-corrected chi connectivity index (χ4v) is 1.85. The standard InChI is InChI=1S/C13H14N4O2/c1-8-10(4-5-11(18)19)9(2)17-13(16-8)12-14-6-3-7-15-12/h3,6-7H,4-5H2,1-2H3,(H,18,19). The first-order valence-electron chi connectivity index (χ1n) is 5.91. The van der Waals surface area contributed by atoms with Crippen LogP contribution in [0.3, 0.4) is 0 Å². The molecule has 0 aliphatic carbocycles. The molecule has 2 heterocycles. The molecule has 0 amide bonds. The van der Waals surface area contributed by atoms with Gasteiger partial charge in [-0.1, -0.05) is 0 Å². The van der Waals surface area contributed by atoms with Crippen LogP contribution in [0.25, 0.3) is 11.6 Å². The van der Waals surface area contributed by atoms with Gasteiger partial charge in [0.2, 0.25) is 0 Å². The Morgan fingerprint density at radius 1 is 1.11 bits per heavy atom. The van der Waals surface area contributed by atoms with Gasteiger partial charge in [0.15, 0.2) is 11.6 Å². The predicted octanol–water partition coefficient (Wildman–Crippen LogP) is 1.57. The second kappa shape index (κ2) is 5.51. The van der Waals surface area contributed by atoms with E-state index in [0.29, 0.717) is 18.1 Å². The third-order valence-electron chi connectivity index (χ3n) is 2.78. The van der Waals surface area contributed by atoms with Gasteiger partial charge < -0.3 is 5.11 Å². The zero-order chi connectivity index (χ0) is 13.8. The molecule has 2 rings (SSSR count). The first-order chi connectivity index (χ1) is 9.08. The summed E-state index contributed by atoms with van der Waals surface area (Å²) in [6.45, 7) is 3.69. The highest BCUT2D eigenvalue weighted by Crippen LogP contribution is 2.16. The molecule has 19 heavy (non-hydrogen) atoms. The van der Waals surface area contributed by atoms with Crippen LogP contribution in [-0.2, 0) is 11.2 Å². The molecule has 0 aromatic carbocycles. The summed E-state index contributed by atoms with van der Waals surface area (Å²) in [6.07, 6.45) is 3.78. The van der Waals surface area contributed by atoms with Gasteiger partial charge >= 0.3 is 5.97 Å². The van der Waals surface area contributed by atoms with Crippen molar-refractivity contribution in [3.63, 3.8) is 0 Å². The quantitative estimate of drug-likeness (QED) is 0.895. The van der Waals surface area contributed by atoms with E-state index in [1.807, 2.05) is 13.8 Å². The minimum absolute atomic E-state index is 0.0756. The van der Waals surface area contributed by atoms with E-state index in [4.69, 9.17) is 5.11 Å². The van der Waals surface area contributed by atoms with Crippen molar-refractivity contribution in [2.24, 2.45) is 0 Å². The fraction of sp³-hybridized carbons (Fsp3) is 0.308. The van der Waals surface area contributed by atoms with Crippen LogP contribution in [0.1, 0.15) is 23.4 Å². The molecule has 2 aromatic rings. The molecule has 0 atom stereocenters. The lowest BCUT2D eigenvalue weighted by atomic mass is 10.1. The minimum Gasteiger partial charge on any atom is -0.481 e. The van der Waals surface area contributed by atoms with E-state index in [-0.39, 0.29) is 6.42 Å². The number of hydrogen-bond donors (Lipinski definition) is 1. The summed E-state index contributed by atoms with van der Waals surface area (Å²) in [4.78, 5) is 27.5. The zero-order valence-electron chi connectivity index (χ0n) is 10.8. The molecule has 1 N–H and O–H groups in total. The molecule has 0 unspecified atom stereocenters. The Morgan fingerprint density at radius 3 is 2.21 bits per heavy atom. The number of hydrogen-bond acceptors (Lipinski definition) is 5. The minimum atomic E-state index is -0.825. The van der Waals surface area contributed by atoms with Crippen molar-refractivity contribution in [3.8, 4) is 11.6 Å². The van der Waals surface area contributed by atoms with Crippen molar-refractivity contribution < 1.29 is 9.90 Å². The van der Waals surface area contributed by atoms with Gasteiger partial charge in [-0.2, -0.15) is 0 Å². The van der Waals surface area contributed by atoms with Crippen molar-refractivity contribution in [1.82, 2.24) is 19.9 Å². The summed E-state index contributed by atoms with van der Waals surface area (Å²) in [5.41, 5.74) is 2.43. The molecule has 0 saturated carbocycles. The second-order valence-corrected chi connectivity index (χ2v) is 4.16. The molecule has 0 radical (unpaired) electrons. The largest absolute Gasteiger partial charge is 0.481 e. The van der Waals surface area contributed by atoms with Crippen molar-refractivity contribution in [2.45, 2.75) is 26.7 Å². The molecule has 6 nitrogen and oxygen atoms in total. The van der Waals surface area contributed by atoms with Crippen LogP contribution in [0.2, 0.25) is 0 Å². The molecule has 0 aliphatic rings. The van der Waals surface area contributed by atoms with E-state index in [9.17, 15) is 4.79 Å². The molecule has 0 fully saturated rings. The smallest absolute Gasteiger partial charge is 0.303 e. The van der Waals surface area contributed by atoms with Crippen LogP contribution < -0.4 is 0 Å². The number of carbonyl (C=O) groups is 1. The number of nitrogens with zero attached hydrogens (tertiary/aromatic N) is 4. The van der Waals surface area contributed by atoms with Crippen molar-refractivity contribution >= 4 is 5.97 Å². The molecule has 0 spiro atoms. The Morgan fingerprint density at radius 2 is 1.68 bits per heavy atom. The van der Waals surface area contributed by atoms with Gasteiger partial charge in [0.1, 0.15) is 0 Å². The monoisotopic (exact) mass is 258 g/mol. The van der Waals surface area contributed by atoms with Gasteiger partial charge in [-0.05, 0) is 31.9 Å². The maximum absolute atomic E-state index is 10.6. The van der Waals surface area contributed by atoms with Gasteiger partial charge in [-0.25, -0.2) is 19.9 Å². The molecule has 0 saturated heterocycles. The Bertz CT molecular complexity index is 576. The van der Waals surface area contributed by atoms with Crippen LogP contribution in [0, 0.1) is 13.8 Å². The van der Waals surface area contributed by atoms with Crippen LogP contribution in [0.4, 0.5) is 0 Å². The van der Waals surface area contributed by atoms with Crippen molar-refractivity contribution in [1.29, 1.82) is 0 Å². The van der Waals surface area contributed by atoms with Crippen molar-refractivity contribution in [2.75, 3.05) is 0 Å². The highest BCUT2D eigenvalue weighted by molar-refractivity contribution is 5.67. The van der Waals surface area contributed by atoms with E-state index in [1.165, 1.54) is 0 Å². The van der Waals surface area contributed by atoms with Crippen LogP contribution in [-0.4, -0.2) is 31.0 Å². The molecule has 0 aliphatic heterocycles. The fourth-order valence-electron chi connectivity index (χ4n) is 1.85. The molecule has 0 bridgehead atoms. The SMILES string of the molecule is Cc1nc(-c2ncccn2)nc(C)c1CCC(=O)O. The highest BCUT2D eigenvalue weighted by atomic mass is 16.4. The Labute approximate surface area is 110 Å².